The van der Waals surface area contributed by atoms with Gasteiger partial charge in [0.15, 0.2) is 5.65 Å². The summed E-state index contributed by atoms with van der Waals surface area (Å²) in [4.78, 5) is 7.28. The lowest BCUT2D eigenvalue weighted by atomic mass is 10.00. The average Bonchev–Trinajstić information content (AvgIpc) is 3.36. The van der Waals surface area contributed by atoms with Gasteiger partial charge in [-0.15, -0.1) is 0 Å². The van der Waals surface area contributed by atoms with Crippen LogP contribution in [0, 0.1) is 0 Å². The standard InChI is InChI=1S/C29H29N5O3S/c30-38(35,36)28-13-12-25(24-6-2-3-7-26(24)28)27-19-32-34-20-22(18-31-29(27)34)21-8-10-23(11-9-21)37-17-16-33-14-4-1-5-15-33/h2-3,6-13,18-20H,1,4-5,14-17H2,(H2,30,35,36). The third kappa shape index (κ3) is 4.88. The van der Waals surface area contributed by atoms with E-state index in [1.165, 1.54) is 32.4 Å². The SMILES string of the molecule is NS(=O)(=O)c1ccc(-c2cnn3cc(-c4ccc(OCCN5CCCCC5)cc4)cnc23)c2ccccc12. The summed E-state index contributed by atoms with van der Waals surface area (Å²) < 4.78 is 31.9. The predicted molar refractivity (Wildman–Crippen MR) is 149 cm³/mol. The lowest BCUT2D eigenvalue weighted by molar-refractivity contribution is 0.183. The molecule has 3 heterocycles. The van der Waals surface area contributed by atoms with Crippen LogP contribution in [0.4, 0.5) is 0 Å². The smallest absolute Gasteiger partial charge is 0.238 e. The van der Waals surface area contributed by atoms with Gasteiger partial charge in [0.1, 0.15) is 12.4 Å². The van der Waals surface area contributed by atoms with Crippen LogP contribution in [0.5, 0.6) is 5.75 Å². The van der Waals surface area contributed by atoms with Crippen LogP contribution in [0.1, 0.15) is 19.3 Å². The molecular weight excluding hydrogens is 498 g/mol. The second-order valence-corrected chi connectivity index (χ2v) is 11.2. The summed E-state index contributed by atoms with van der Waals surface area (Å²) in [7, 11) is -3.86. The highest BCUT2D eigenvalue weighted by atomic mass is 32.2. The fourth-order valence-corrected chi connectivity index (χ4v) is 5.93. The van der Waals surface area contributed by atoms with Gasteiger partial charge in [-0.3, -0.25) is 4.90 Å². The van der Waals surface area contributed by atoms with Gasteiger partial charge in [-0.05, 0) is 60.6 Å². The minimum absolute atomic E-state index is 0.0995. The molecule has 8 nitrogen and oxygen atoms in total. The van der Waals surface area contributed by atoms with Gasteiger partial charge in [-0.2, -0.15) is 5.10 Å². The van der Waals surface area contributed by atoms with Crippen molar-refractivity contribution in [1.82, 2.24) is 19.5 Å². The molecular formula is C29H29N5O3S. The summed E-state index contributed by atoms with van der Waals surface area (Å²) in [6, 6.07) is 18.7. The lowest BCUT2D eigenvalue weighted by Gasteiger charge is -2.26. The molecule has 0 unspecified atom stereocenters. The number of rotatable bonds is 7. The van der Waals surface area contributed by atoms with Crippen LogP contribution in [0.3, 0.4) is 0 Å². The third-order valence-electron chi connectivity index (χ3n) is 7.15. The normalized spacial score (nSPS) is 14.8. The Morgan fingerprint density at radius 1 is 0.842 bits per heavy atom. The number of hydrogen-bond donors (Lipinski definition) is 1. The Balaban J connectivity index is 1.24. The van der Waals surface area contributed by atoms with Crippen molar-refractivity contribution in [2.75, 3.05) is 26.2 Å². The molecule has 0 radical (unpaired) electrons. The fourth-order valence-electron chi connectivity index (χ4n) is 5.19. The first kappa shape index (κ1) is 24.5. The van der Waals surface area contributed by atoms with Crippen molar-refractivity contribution in [3.8, 4) is 28.0 Å². The van der Waals surface area contributed by atoms with Crippen molar-refractivity contribution in [2.24, 2.45) is 5.14 Å². The second kappa shape index (κ2) is 10.2. The van der Waals surface area contributed by atoms with Crippen LogP contribution in [-0.2, 0) is 10.0 Å². The van der Waals surface area contributed by atoms with E-state index in [9.17, 15) is 8.42 Å². The number of aromatic nitrogens is 3. The van der Waals surface area contributed by atoms with Gasteiger partial charge < -0.3 is 4.74 Å². The van der Waals surface area contributed by atoms with Crippen LogP contribution >= 0.6 is 0 Å². The fraction of sp³-hybridized carbons (Fsp3) is 0.241. The Hall–Kier alpha value is -3.79. The molecule has 5 aromatic rings. The van der Waals surface area contributed by atoms with Crippen molar-refractivity contribution >= 4 is 26.4 Å². The van der Waals surface area contributed by atoms with Gasteiger partial charge in [0.2, 0.25) is 10.0 Å². The quantitative estimate of drug-likeness (QED) is 0.328. The number of fused-ring (bicyclic) bond motifs is 2. The zero-order valence-corrected chi connectivity index (χ0v) is 21.8. The van der Waals surface area contributed by atoms with E-state index in [1.54, 1.807) is 35.0 Å². The monoisotopic (exact) mass is 527 g/mol. The second-order valence-electron chi connectivity index (χ2n) is 9.65. The zero-order chi connectivity index (χ0) is 26.1. The van der Waals surface area contributed by atoms with Crippen LogP contribution in [0.25, 0.3) is 38.7 Å². The maximum atomic E-state index is 12.1. The molecule has 1 saturated heterocycles. The van der Waals surface area contributed by atoms with E-state index in [2.05, 4.69) is 10.00 Å². The molecule has 0 amide bonds. The molecule has 0 bridgehead atoms. The summed E-state index contributed by atoms with van der Waals surface area (Å²) >= 11 is 0. The number of nitrogens with two attached hydrogens (primary N) is 1. The number of hydrogen-bond acceptors (Lipinski definition) is 6. The summed E-state index contributed by atoms with van der Waals surface area (Å²) in [5.41, 5.74) is 4.28. The molecule has 6 rings (SSSR count). The molecule has 0 atom stereocenters. The van der Waals surface area contributed by atoms with E-state index in [0.29, 0.717) is 17.6 Å². The molecule has 38 heavy (non-hydrogen) atoms. The molecule has 3 aromatic carbocycles. The van der Waals surface area contributed by atoms with E-state index in [-0.39, 0.29) is 4.90 Å². The topological polar surface area (TPSA) is 103 Å². The Morgan fingerprint density at radius 2 is 1.61 bits per heavy atom. The predicted octanol–water partition coefficient (Wildman–Crippen LogP) is 4.73. The molecule has 2 aromatic heterocycles. The summed E-state index contributed by atoms with van der Waals surface area (Å²) in [5, 5.41) is 11.3. The van der Waals surface area contributed by atoms with Crippen molar-refractivity contribution in [1.29, 1.82) is 0 Å². The minimum atomic E-state index is -3.86. The third-order valence-corrected chi connectivity index (χ3v) is 8.12. The van der Waals surface area contributed by atoms with Gasteiger partial charge >= 0.3 is 0 Å². The lowest BCUT2D eigenvalue weighted by Crippen LogP contribution is -2.33. The van der Waals surface area contributed by atoms with Crippen LogP contribution in [0.15, 0.2) is 84.1 Å². The van der Waals surface area contributed by atoms with Crippen molar-refractivity contribution in [2.45, 2.75) is 24.2 Å². The van der Waals surface area contributed by atoms with Gasteiger partial charge in [0.05, 0.1) is 11.1 Å². The molecule has 0 spiro atoms. The summed E-state index contributed by atoms with van der Waals surface area (Å²) in [6.07, 6.45) is 9.43. The Morgan fingerprint density at radius 3 is 2.37 bits per heavy atom. The maximum Gasteiger partial charge on any atom is 0.238 e. The molecule has 0 aliphatic carbocycles. The number of nitrogens with zero attached hydrogens (tertiary/aromatic N) is 4. The number of primary sulfonamides is 1. The van der Waals surface area contributed by atoms with E-state index in [4.69, 9.17) is 14.9 Å². The van der Waals surface area contributed by atoms with Gasteiger partial charge in [0, 0.05) is 35.5 Å². The molecule has 9 heteroatoms. The van der Waals surface area contributed by atoms with Gasteiger partial charge in [-0.25, -0.2) is 23.1 Å². The summed E-state index contributed by atoms with van der Waals surface area (Å²) in [6.45, 7) is 3.99. The van der Waals surface area contributed by atoms with Crippen LogP contribution in [0.2, 0.25) is 0 Å². The largest absolute Gasteiger partial charge is 0.492 e. The van der Waals surface area contributed by atoms with Crippen LogP contribution < -0.4 is 9.88 Å². The molecule has 1 aliphatic rings. The summed E-state index contributed by atoms with van der Waals surface area (Å²) in [5.74, 6) is 0.857. The maximum absolute atomic E-state index is 12.1. The first-order chi connectivity index (χ1) is 18.5. The molecule has 1 aliphatic heterocycles. The van der Waals surface area contributed by atoms with Crippen LogP contribution in [-0.4, -0.2) is 54.2 Å². The Kier molecular flexibility index (Phi) is 6.57. The molecule has 0 saturated carbocycles. The van der Waals surface area contributed by atoms with E-state index < -0.39 is 10.0 Å². The Bertz CT molecular complexity index is 1710. The number of ether oxygens (including phenoxy) is 1. The van der Waals surface area contributed by atoms with Crippen molar-refractivity contribution in [3.05, 3.63) is 79.3 Å². The van der Waals surface area contributed by atoms with E-state index >= 15 is 0 Å². The van der Waals surface area contributed by atoms with Gasteiger partial charge in [0.25, 0.3) is 0 Å². The highest BCUT2D eigenvalue weighted by molar-refractivity contribution is 7.89. The first-order valence-corrected chi connectivity index (χ1v) is 14.4. The molecule has 1 fully saturated rings. The van der Waals surface area contributed by atoms with Crippen molar-refractivity contribution in [3.63, 3.8) is 0 Å². The number of benzene rings is 3. The Labute approximate surface area is 221 Å². The first-order valence-electron chi connectivity index (χ1n) is 12.8. The van der Waals surface area contributed by atoms with Gasteiger partial charge in [-0.1, -0.05) is 48.9 Å². The molecule has 2 N–H and O–H groups in total. The van der Waals surface area contributed by atoms with E-state index in [1.807, 2.05) is 48.8 Å². The van der Waals surface area contributed by atoms with Crippen molar-refractivity contribution < 1.29 is 13.2 Å². The van der Waals surface area contributed by atoms with E-state index in [0.717, 1.165) is 39.9 Å². The highest BCUT2D eigenvalue weighted by Crippen LogP contribution is 2.34. The average molecular weight is 528 g/mol. The zero-order valence-electron chi connectivity index (χ0n) is 21.0. The number of sulfonamides is 1. The molecule has 194 valence electrons. The minimum Gasteiger partial charge on any atom is -0.492 e. The highest BCUT2D eigenvalue weighted by Gasteiger charge is 2.18. The number of piperidine rings is 1. The number of likely N-dealkylation sites (tertiary alicyclic amines) is 1.